The van der Waals surface area contributed by atoms with Crippen LogP contribution in [-0.4, -0.2) is 12.3 Å². The molecule has 0 bridgehead atoms. The van der Waals surface area contributed by atoms with E-state index in [2.05, 4.69) is 0 Å². The summed E-state index contributed by atoms with van der Waals surface area (Å²) in [5.41, 5.74) is 1.97. The number of ether oxygens (including phenoxy) is 2. The number of rotatable bonds is 2. The molecular weight excluding hydrogens is 192 g/mol. The van der Waals surface area contributed by atoms with Gasteiger partial charge in [0.05, 0.1) is 6.10 Å². The molecule has 0 aliphatic carbocycles. The minimum absolute atomic E-state index is 0.164. The van der Waals surface area contributed by atoms with Gasteiger partial charge in [-0.3, -0.25) is 0 Å². The molecule has 0 spiro atoms. The van der Waals surface area contributed by atoms with Gasteiger partial charge in [0.15, 0.2) is 0 Å². The topological polar surface area (TPSA) is 35.5 Å². The Morgan fingerprint density at radius 2 is 1.93 bits per heavy atom. The highest BCUT2D eigenvalue weighted by molar-refractivity contribution is 5.64. The predicted molar refractivity (Wildman–Crippen MR) is 58.2 cm³/mol. The van der Waals surface area contributed by atoms with Gasteiger partial charge in [-0.15, -0.1) is 0 Å². The van der Waals surface area contributed by atoms with Crippen molar-refractivity contribution in [1.82, 2.24) is 0 Å². The third-order valence-corrected chi connectivity index (χ3v) is 1.87. The van der Waals surface area contributed by atoms with Crippen molar-refractivity contribution in [2.24, 2.45) is 0 Å². The molecule has 0 saturated heterocycles. The van der Waals surface area contributed by atoms with E-state index in [4.69, 9.17) is 9.47 Å². The largest absolute Gasteiger partial charge is 0.514 e. The van der Waals surface area contributed by atoms with Crippen LogP contribution in [0.15, 0.2) is 18.2 Å². The molecule has 0 aromatic heterocycles. The van der Waals surface area contributed by atoms with Crippen LogP contribution in [-0.2, 0) is 4.74 Å². The normalized spacial score (nSPS) is 10.2. The average Bonchev–Trinajstić information content (AvgIpc) is 2.10. The molecule has 0 fully saturated rings. The lowest BCUT2D eigenvalue weighted by molar-refractivity contribution is 0.0727. The second-order valence-electron chi connectivity index (χ2n) is 3.79. The molecule has 82 valence electrons. The van der Waals surface area contributed by atoms with E-state index in [0.29, 0.717) is 5.75 Å². The molecule has 1 aromatic rings. The molecular formula is C12H16O3. The summed E-state index contributed by atoms with van der Waals surface area (Å²) in [5.74, 6) is 0.556. The summed E-state index contributed by atoms with van der Waals surface area (Å²) in [4.78, 5) is 11.2. The standard InChI is InChI=1S/C12H16O3/c1-8(2)14-12(13)15-11-7-9(3)5-6-10(11)4/h5-8H,1-4H3. The van der Waals surface area contributed by atoms with Gasteiger partial charge < -0.3 is 9.47 Å². The summed E-state index contributed by atoms with van der Waals surface area (Å²) < 4.78 is 9.96. The van der Waals surface area contributed by atoms with Crippen molar-refractivity contribution in [2.75, 3.05) is 0 Å². The molecule has 0 radical (unpaired) electrons. The van der Waals surface area contributed by atoms with Crippen LogP contribution in [0.5, 0.6) is 5.75 Å². The van der Waals surface area contributed by atoms with Gasteiger partial charge in [-0.05, 0) is 44.9 Å². The zero-order valence-electron chi connectivity index (χ0n) is 9.53. The first-order chi connectivity index (χ1) is 6.99. The van der Waals surface area contributed by atoms with Crippen molar-refractivity contribution in [2.45, 2.75) is 33.8 Å². The Hall–Kier alpha value is -1.51. The lowest BCUT2D eigenvalue weighted by atomic mass is 10.1. The van der Waals surface area contributed by atoms with E-state index in [-0.39, 0.29) is 6.10 Å². The number of benzene rings is 1. The summed E-state index contributed by atoms with van der Waals surface area (Å²) in [6.45, 7) is 7.40. The third kappa shape index (κ3) is 3.62. The fourth-order valence-electron chi connectivity index (χ4n) is 1.12. The molecule has 3 nitrogen and oxygen atoms in total. The van der Waals surface area contributed by atoms with Gasteiger partial charge in [-0.2, -0.15) is 0 Å². The molecule has 15 heavy (non-hydrogen) atoms. The number of carbonyl (C=O) groups excluding carboxylic acids is 1. The van der Waals surface area contributed by atoms with Crippen molar-refractivity contribution in [1.29, 1.82) is 0 Å². The highest BCUT2D eigenvalue weighted by Gasteiger charge is 2.09. The zero-order chi connectivity index (χ0) is 11.4. The van der Waals surface area contributed by atoms with Gasteiger partial charge in [0.25, 0.3) is 0 Å². The highest BCUT2D eigenvalue weighted by Crippen LogP contribution is 2.19. The Labute approximate surface area is 90.0 Å². The van der Waals surface area contributed by atoms with Crippen LogP contribution in [0.25, 0.3) is 0 Å². The molecule has 0 atom stereocenters. The molecule has 0 aliphatic heterocycles. The first-order valence-corrected chi connectivity index (χ1v) is 4.94. The second kappa shape index (κ2) is 4.82. The van der Waals surface area contributed by atoms with E-state index in [1.807, 2.05) is 32.0 Å². The SMILES string of the molecule is Cc1ccc(C)c(OC(=O)OC(C)C)c1. The molecule has 3 heteroatoms. The summed E-state index contributed by atoms with van der Waals surface area (Å²) in [6, 6.07) is 5.69. The fourth-order valence-corrected chi connectivity index (χ4v) is 1.12. The Balaban J connectivity index is 2.71. The first-order valence-electron chi connectivity index (χ1n) is 4.94. The maximum atomic E-state index is 11.2. The minimum Gasteiger partial charge on any atom is -0.431 e. The number of hydrogen-bond donors (Lipinski definition) is 0. The minimum atomic E-state index is -0.654. The monoisotopic (exact) mass is 208 g/mol. The van der Waals surface area contributed by atoms with E-state index < -0.39 is 6.16 Å². The first kappa shape index (κ1) is 11.6. The number of hydrogen-bond acceptors (Lipinski definition) is 3. The van der Waals surface area contributed by atoms with Crippen LogP contribution in [0, 0.1) is 13.8 Å². The van der Waals surface area contributed by atoms with Crippen LogP contribution >= 0.6 is 0 Å². The summed E-state index contributed by atoms with van der Waals surface area (Å²) in [5, 5.41) is 0. The van der Waals surface area contributed by atoms with Crippen LogP contribution in [0.4, 0.5) is 4.79 Å². The zero-order valence-corrected chi connectivity index (χ0v) is 9.53. The molecule has 0 aliphatic rings. The summed E-state index contributed by atoms with van der Waals surface area (Å²) in [7, 11) is 0. The van der Waals surface area contributed by atoms with E-state index >= 15 is 0 Å². The van der Waals surface area contributed by atoms with E-state index in [9.17, 15) is 4.79 Å². The van der Waals surface area contributed by atoms with Crippen molar-refractivity contribution < 1.29 is 14.3 Å². The fraction of sp³-hybridized carbons (Fsp3) is 0.417. The van der Waals surface area contributed by atoms with Gasteiger partial charge in [0, 0.05) is 0 Å². The van der Waals surface area contributed by atoms with E-state index in [0.717, 1.165) is 11.1 Å². The van der Waals surface area contributed by atoms with Crippen molar-refractivity contribution in [3.05, 3.63) is 29.3 Å². The summed E-state index contributed by atoms with van der Waals surface area (Å²) >= 11 is 0. The maximum absolute atomic E-state index is 11.2. The molecule has 1 rings (SSSR count). The Bertz CT molecular complexity index is 356. The van der Waals surface area contributed by atoms with Gasteiger partial charge >= 0.3 is 6.16 Å². The smallest absolute Gasteiger partial charge is 0.431 e. The lowest BCUT2D eigenvalue weighted by Gasteiger charge is -2.10. The Morgan fingerprint density at radius 1 is 1.27 bits per heavy atom. The molecule has 0 amide bonds. The molecule has 0 saturated carbocycles. The number of aryl methyl sites for hydroxylation is 2. The summed E-state index contributed by atoms with van der Waals surface area (Å²) in [6.07, 6.45) is -0.818. The van der Waals surface area contributed by atoms with Crippen LogP contribution in [0.2, 0.25) is 0 Å². The molecule has 0 N–H and O–H groups in total. The lowest BCUT2D eigenvalue weighted by Crippen LogP contribution is -2.16. The van der Waals surface area contributed by atoms with Crippen molar-refractivity contribution in [3.8, 4) is 5.75 Å². The molecule has 0 unspecified atom stereocenters. The van der Waals surface area contributed by atoms with Crippen molar-refractivity contribution in [3.63, 3.8) is 0 Å². The van der Waals surface area contributed by atoms with Crippen LogP contribution in [0.3, 0.4) is 0 Å². The number of carbonyl (C=O) groups is 1. The second-order valence-corrected chi connectivity index (χ2v) is 3.79. The average molecular weight is 208 g/mol. The van der Waals surface area contributed by atoms with Gasteiger partial charge in [-0.25, -0.2) is 4.79 Å². The highest BCUT2D eigenvalue weighted by atomic mass is 16.7. The van der Waals surface area contributed by atoms with Gasteiger partial charge in [0.1, 0.15) is 5.75 Å². The quantitative estimate of drug-likeness (QED) is 0.553. The van der Waals surface area contributed by atoms with Crippen LogP contribution < -0.4 is 4.74 Å². The Morgan fingerprint density at radius 3 is 2.53 bits per heavy atom. The third-order valence-electron chi connectivity index (χ3n) is 1.87. The van der Waals surface area contributed by atoms with Gasteiger partial charge in [0.2, 0.25) is 0 Å². The Kier molecular flexibility index (Phi) is 3.72. The van der Waals surface area contributed by atoms with Crippen LogP contribution in [0.1, 0.15) is 25.0 Å². The maximum Gasteiger partial charge on any atom is 0.514 e. The van der Waals surface area contributed by atoms with Gasteiger partial charge in [-0.1, -0.05) is 12.1 Å². The molecule has 1 aromatic carbocycles. The van der Waals surface area contributed by atoms with E-state index in [1.54, 1.807) is 13.8 Å². The molecule has 0 heterocycles. The van der Waals surface area contributed by atoms with Crippen molar-refractivity contribution >= 4 is 6.16 Å². The predicted octanol–water partition coefficient (Wildman–Crippen LogP) is 3.23. The van der Waals surface area contributed by atoms with E-state index in [1.165, 1.54) is 0 Å².